The fourth-order valence-corrected chi connectivity index (χ4v) is 1.52. The smallest absolute Gasteiger partial charge is 0.122 e. The second-order valence-corrected chi connectivity index (χ2v) is 3.65. The molecule has 0 aliphatic rings. The highest BCUT2D eigenvalue weighted by Crippen LogP contribution is 2.26. The summed E-state index contributed by atoms with van der Waals surface area (Å²) in [5, 5.41) is 0. The Morgan fingerprint density at radius 2 is 1.92 bits per heavy atom. The normalized spacial score (nSPS) is 10.0. The molecule has 0 heterocycles. The van der Waals surface area contributed by atoms with E-state index in [0.717, 1.165) is 16.8 Å². The Labute approximate surface area is 81.9 Å². The Balaban J connectivity index is 3.05. The molecule has 1 aromatic rings. The predicted molar refractivity (Wildman–Crippen MR) is 54.8 cm³/mol. The number of rotatable bonds is 2. The van der Waals surface area contributed by atoms with Gasteiger partial charge in [0.25, 0.3) is 0 Å². The van der Waals surface area contributed by atoms with Crippen LogP contribution in [0.15, 0.2) is 16.6 Å². The van der Waals surface area contributed by atoms with Gasteiger partial charge in [-0.2, -0.15) is 0 Å². The van der Waals surface area contributed by atoms with Crippen LogP contribution < -0.4 is 4.74 Å². The van der Waals surface area contributed by atoms with Crippen LogP contribution in [0.2, 0.25) is 0 Å². The van der Waals surface area contributed by atoms with Crippen molar-refractivity contribution >= 4 is 15.9 Å². The van der Waals surface area contributed by atoms with E-state index in [1.807, 2.05) is 6.92 Å². The third-order valence-corrected chi connectivity index (χ3v) is 2.61. The van der Waals surface area contributed by atoms with Gasteiger partial charge in [0.1, 0.15) is 5.75 Å². The standard InChI is InChI=1S/C10H13BrO/c1-4-12-10-6-7(2)9(11)5-8(10)3/h5-6H,4H2,1-3H3. The number of hydrogen-bond donors (Lipinski definition) is 0. The molecule has 0 atom stereocenters. The molecule has 0 saturated heterocycles. The molecular weight excluding hydrogens is 216 g/mol. The molecule has 12 heavy (non-hydrogen) atoms. The van der Waals surface area contributed by atoms with Gasteiger partial charge in [-0.3, -0.25) is 0 Å². The summed E-state index contributed by atoms with van der Waals surface area (Å²) < 4.78 is 6.59. The van der Waals surface area contributed by atoms with Crippen LogP contribution in [-0.2, 0) is 0 Å². The fraction of sp³-hybridized carbons (Fsp3) is 0.400. The Bertz CT molecular complexity index is 281. The van der Waals surface area contributed by atoms with Crippen LogP contribution in [0.1, 0.15) is 18.1 Å². The summed E-state index contributed by atoms with van der Waals surface area (Å²) in [5.41, 5.74) is 2.39. The lowest BCUT2D eigenvalue weighted by Crippen LogP contribution is -1.94. The van der Waals surface area contributed by atoms with Gasteiger partial charge >= 0.3 is 0 Å². The van der Waals surface area contributed by atoms with Crippen LogP contribution in [0, 0.1) is 13.8 Å². The van der Waals surface area contributed by atoms with Crippen LogP contribution in [0.4, 0.5) is 0 Å². The molecular formula is C10H13BrO. The summed E-state index contributed by atoms with van der Waals surface area (Å²) in [5.74, 6) is 0.984. The third-order valence-electron chi connectivity index (χ3n) is 1.76. The van der Waals surface area contributed by atoms with Crippen LogP contribution in [0.3, 0.4) is 0 Å². The Hall–Kier alpha value is -0.500. The van der Waals surface area contributed by atoms with Crippen LogP contribution in [-0.4, -0.2) is 6.61 Å². The first kappa shape index (κ1) is 9.59. The third kappa shape index (κ3) is 2.01. The minimum Gasteiger partial charge on any atom is -0.494 e. The van der Waals surface area contributed by atoms with Crippen LogP contribution in [0.25, 0.3) is 0 Å². The van der Waals surface area contributed by atoms with E-state index >= 15 is 0 Å². The summed E-state index contributed by atoms with van der Waals surface area (Å²) >= 11 is 3.48. The van der Waals surface area contributed by atoms with Gasteiger partial charge in [0.2, 0.25) is 0 Å². The van der Waals surface area contributed by atoms with Gasteiger partial charge in [-0.05, 0) is 44.0 Å². The van der Waals surface area contributed by atoms with Crippen LogP contribution in [0.5, 0.6) is 5.75 Å². The first-order valence-corrected chi connectivity index (χ1v) is 4.84. The Morgan fingerprint density at radius 1 is 1.25 bits per heavy atom. The van der Waals surface area contributed by atoms with Crippen LogP contribution >= 0.6 is 15.9 Å². The average molecular weight is 229 g/mol. The van der Waals surface area contributed by atoms with E-state index in [1.54, 1.807) is 0 Å². The SMILES string of the molecule is CCOc1cc(C)c(Br)cc1C. The summed E-state index contributed by atoms with van der Waals surface area (Å²) in [6.07, 6.45) is 0. The maximum absolute atomic E-state index is 5.45. The summed E-state index contributed by atoms with van der Waals surface area (Å²) in [6.45, 7) is 6.83. The average Bonchev–Trinajstić information content (AvgIpc) is 2.01. The lowest BCUT2D eigenvalue weighted by molar-refractivity contribution is 0.337. The van der Waals surface area contributed by atoms with Crippen molar-refractivity contribution in [3.63, 3.8) is 0 Å². The zero-order chi connectivity index (χ0) is 9.14. The van der Waals surface area contributed by atoms with Gasteiger partial charge in [0.15, 0.2) is 0 Å². The molecule has 66 valence electrons. The van der Waals surface area contributed by atoms with E-state index in [9.17, 15) is 0 Å². The molecule has 0 saturated carbocycles. The molecule has 0 aliphatic heterocycles. The summed E-state index contributed by atoms with van der Waals surface area (Å²) in [7, 11) is 0. The van der Waals surface area contributed by atoms with E-state index < -0.39 is 0 Å². The molecule has 2 heteroatoms. The van der Waals surface area contributed by atoms with Crippen molar-refractivity contribution in [3.8, 4) is 5.75 Å². The zero-order valence-corrected chi connectivity index (χ0v) is 9.23. The van der Waals surface area contributed by atoms with Crippen molar-refractivity contribution in [2.24, 2.45) is 0 Å². The van der Waals surface area contributed by atoms with E-state index in [4.69, 9.17) is 4.74 Å². The molecule has 0 bridgehead atoms. The summed E-state index contributed by atoms with van der Waals surface area (Å²) in [4.78, 5) is 0. The number of hydrogen-bond acceptors (Lipinski definition) is 1. The van der Waals surface area contributed by atoms with Crippen molar-refractivity contribution in [3.05, 3.63) is 27.7 Å². The second kappa shape index (κ2) is 3.94. The highest BCUT2D eigenvalue weighted by atomic mass is 79.9. The Morgan fingerprint density at radius 3 is 2.50 bits per heavy atom. The molecule has 0 unspecified atom stereocenters. The van der Waals surface area contributed by atoms with Gasteiger partial charge in [-0.25, -0.2) is 0 Å². The highest BCUT2D eigenvalue weighted by molar-refractivity contribution is 9.10. The van der Waals surface area contributed by atoms with Gasteiger partial charge < -0.3 is 4.74 Å². The first-order chi connectivity index (χ1) is 5.65. The van der Waals surface area contributed by atoms with E-state index in [1.165, 1.54) is 11.1 Å². The molecule has 1 aromatic carbocycles. The molecule has 0 radical (unpaired) electrons. The van der Waals surface area contributed by atoms with Gasteiger partial charge in [-0.1, -0.05) is 15.9 Å². The molecule has 0 spiro atoms. The number of halogens is 1. The lowest BCUT2D eigenvalue weighted by Gasteiger charge is -2.08. The fourth-order valence-electron chi connectivity index (χ4n) is 1.07. The lowest BCUT2D eigenvalue weighted by atomic mass is 10.1. The predicted octanol–water partition coefficient (Wildman–Crippen LogP) is 3.46. The quantitative estimate of drug-likeness (QED) is 0.754. The molecule has 1 nitrogen and oxygen atoms in total. The maximum atomic E-state index is 5.45. The summed E-state index contributed by atoms with van der Waals surface area (Å²) in [6, 6.07) is 4.14. The maximum Gasteiger partial charge on any atom is 0.122 e. The number of aryl methyl sites for hydroxylation is 2. The van der Waals surface area contributed by atoms with E-state index in [0.29, 0.717) is 0 Å². The van der Waals surface area contributed by atoms with Crippen molar-refractivity contribution in [1.29, 1.82) is 0 Å². The molecule has 0 amide bonds. The first-order valence-electron chi connectivity index (χ1n) is 4.04. The van der Waals surface area contributed by atoms with Gasteiger partial charge in [0, 0.05) is 4.47 Å². The second-order valence-electron chi connectivity index (χ2n) is 2.80. The van der Waals surface area contributed by atoms with Gasteiger partial charge in [0.05, 0.1) is 6.61 Å². The molecule has 0 N–H and O–H groups in total. The van der Waals surface area contributed by atoms with Crippen molar-refractivity contribution in [1.82, 2.24) is 0 Å². The topological polar surface area (TPSA) is 9.23 Å². The monoisotopic (exact) mass is 228 g/mol. The largest absolute Gasteiger partial charge is 0.494 e. The highest BCUT2D eigenvalue weighted by Gasteiger charge is 2.02. The number of benzene rings is 1. The van der Waals surface area contributed by atoms with Crippen molar-refractivity contribution < 1.29 is 4.74 Å². The van der Waals surface area contributed by atoms with E-state index in [2.05, 4.69) is 41.9 Å². The molecule has 0 aliphatic carbocycles. The minimum atomic E-state index is 0.724. The van der Waals surface area contributed by atoms with E-state index in [-0.39, 0.29) is 0 Å². The van der Waals surface area contributed by atoms with Crippen molar-refractivity contribution in [2.45, 2.75) is 20.8 Å². The van der Waals surface area contributed by atoms with Gasteiger partial charge in [-0.15, -0.1) is 0 Å². The minimum absolute atomic E-state index is 0.724. The molecule has 0 fully saturated rings. The molecule has 1 rings (SSSR count). The zero-order valence-electron chi connectivity index (χ0n) is 7.65. The number of ether oxygens (including phenoxy) is 1. The molecule has 0 aromatic heterocycles. The van der Waals surface area contributed by atoms with Crippen molar-refractivity contribution in [2.75, 3.05) is 6.61 Å². The Kier molecular flexibility index (Phi) is 3.15.